The van der Waals surface area contributed by atoms with Crippen LogP contribution < -0.4 is 10.6 Å². The van der Waals surface area contributed by atoms with E-state index in [4.69, 9.17) is 14.9 Å². The van der Waals surface area contributed by atoms with Gasteiger partial charge in [0.1, 0.15) is 6.04 Å². The summed E-state index contributed by atoms with van der Waals surface area (Å²) in [5.74, 6) is -0.797. The van der Waals surface area contributed by atoms with Gasteiger partial charge in [0.15, 0.2) is 23.5 Å². The molecule has 0 saturated carbocycles. The molecule has 3 heterocycles. The minimum atomic E-state index is -0.989. The molecule has 16 heteroatoms. The lowest BCUT2D eigenvalue weighted by Gasteiger charge is -2.19. The number of azo groups is 1. The van der Waals surface area contributed by atoms with Gasteiger partial charge in [0.25, 0.3) is 5.91 Å². The standard InChI is InChI=1S/C22H25N11O5/c1-3-37-16(34)10-9-14(21(36)38-4-2)25-20(35)12-5-7-13(8-6-12)24-11-15-26-17-18(29-28-15)27-22(23)33-19(17)30-31-32-33/h5-8,14,17,23-24H,3-4,9-11H2,1-2H3,(H,25,35). The number of esters is 2. The van der Waals surface area contributed by atoms with E-state index in [2.05, 4.69) is 46.4 Å². The number of nitrogens with zero attached hydrogens (tertiary/aromatic N) is 8. The summed E-state index contributed by atoms with van der Waals surface area (Å²) in [5, 5.41) is 32.9. The number of carbonyl (C=O) groups excluding carboxylic acids is 3. The van der Waals surface area contributed by atoms with E-state index in [9.17, 15) is 14.4 Å². The van der Waals surface area contributed by atoms with Crippen LogP contribution in [0.25, 0.3) is 0 Å². The number of carbonyl (C=O) groups is 3. The van der Waals surface area contributed by atoms with Gasteiger partial charge in [-0.25, -0.2) is 9.79 Å². The molecule has 0 saturated heterocycles. The zero-order chi connectivity index (χ0) is 27.1. The smallest absolute Gasteiger partial charge is 0.328 e. The molecular weight excluding hydrogens is 498 g/mol. The molecule has 4 rings (SSSR count). The topological polar surface area (TPSA) is 211 Å². The maximum atomic E-state index is 12.7. The van der Waals surface area contributed by atoms with Crippen LogP contribution in [-0.4, -0.2) is 81.5 Å². The van der Waals surface area contributed by atoms with Crippen LogP contribution in [0.3, 0.4) is 0 Å². The lowest BCUT2D eigenvalue weighted by atomic mass is 10.1. The van der Waals surface area contributed by atoms with Crippen LogP contribution in [-0.2, 0) is 19.1 Å². The fourth-order valence-corrected chi connectivity index (χ4v) is 3.55. The number of hydrogen-bond acceptors (Lipinski definition) is 13. The van der Waals surface area contributed by atoms with E-state index in [0.29, 0.717) is 22.9 Å². The van der Waals surface area contributed by atoms with E-state index in [-0.39, 0.29) is 44.4 Å². The number of rotatable bonds is 11. The number of tetrazole rings is 1. The Kier molecular flexibility index (Phi) is 8.20. The molecule has 0 radical (unpaired) electrons. The summed E-state index contributed by atoms with van der Waals surface area (Å²) in [7, 11) is 0. The second kappa shape index (κ2) is 11.9. The van der Waals surface area contributed by atoms with Crippen molar-refractivity contribution >= 4 is 41.2 Å². The highest BCUT2D eigenvalue weighted by atomic mass is 16.5. The number of fused-ring (bicyclic) bond motifs is 3. The molecular formula is C22H25N11O5. The quantitative estimate of drug-likeness (QED) is 0.356. The summed E-state index contributed by atoms with van der Waals surface area (Å²) in [6, 6.07) is 4.89. The molecule has 0 aliphatic carbocycles. The first-order valence-electron chi connectivity index (χ1n) is 11.8. The molecule has 2 atom stereocenters. The molecule has 1 aromatic carbocycles. The van der Waals surface area contributed by atoms with Gasteiger partial charge >= 0.3 is 11.9 Å². The number of aliphatic imine (C=N–C) groups is 2. The zero-order valence-corrected chi connectivity index (χ0v) is 20.6. The van der Waals surface area contributed by atoms with Crippen molar-refractivity contribution < 1.29 is 23.9 Å². The van der Waals surface area contributed by atoms with Gasteiger partial charge in [-0.3, -0.25) is 15.0 Å². The number of nitrogens with one attached hydrogen (secondary N) is 3. The Hall–Kier alpha value is -4.89. The Labute approximate surface area is 216 Å². The summed E-state index contributed by atoms with van der Waals surface area (Å²) >= 11 is 0. The maximum Gasteiger partial charge on any atom is 0.328 e. The summed E-state index contributed by atoms with van der Waals surface area (Å²) in [6.07, 6.45) is 0.0218. The lowest BCUT2D eigenvalue weighted by molar-refractivity contribution is -0.146. The van der Waals surface area contributed by atoms with Crippen molar-refractivity contribution in [2.75, 3.05) is 25.1 Å². The average molecular weight is 524 g/mol. The molecule has 2 unspecified atom stereocenters. The number of hydrogen-bond donors (Lipinski definition) is 3. The second-order valence-electron chi connectivity index (χ2n) is 7.94. The molecule has 198 valence electrons. The minimum absolute atomic E-state index is 0.0344. The van der Waals surface area contributed by atoms with Crippen molar-refractivity contribution in [1.82, 2.24) is 25.5 Å². The van der Waals surface area contributed by atoms with Gasteiger partial charge in [-0.2, -0.15) is 9.67 Å². The summed E-state index contributed by atoms with van der Waals surface area (Å²) in [6.45, 7) is 3.94. The van der Waals surface area contributed by atoms with Gasteiger partial charge in [0, 0.05) is 17.7 Å². The van der Waals surface area contributed by atoms with Crippen molar-refractivity contribution in [1.29, 1.82) is 5.41 Å². The number of aromatic nitrogens is 4. The average Bonchev–Trinajstić information content (AvgIpc) is 3.42. The third kappa shape index (κ3) is 6.08. The van der Waals surface area contributed by atoms with Crippen LogP contribution in [0.2, 0.25) is 0 Å². The number of amidine groups is 2. The van der Waals surface area contributed by atoms with Crippen molar-refractivity contribution in [3.63, 3.8) is 0 Å². The number of amides is 1. The molecule has 0 bridgehead atoms. The highest BCUT2D eigenvalue weighted by molar-refractivity contribution is 6.05. The molecule has 2 aliphatic heterocycles. The van der Waals surface area contributed by atoms with E-state index in [1.807, 2.05) is 0 Å². The zero-order valence-electron chi connectivity index (χ0n) is 20.6. The molecule has 0 spiro atoms. The molecule has 0 fully saturated rings. The van der Waals surface area contributed by atoms with Crippen LogP contribution in [0.5, 0.6) is 0 Å². The fraction of sp³-hybridized carbons (Fsp3) is 0.409. The van der Waals surface area contributed by atoms with Crippen molar-refractivity contribution in [3.8, 4) is 0 Å². The Bertz CT molecular complexity index is 1320. The Morgan fingerprint density at radius 3 is 2.61 bits per heavy atom. The van der Waals surface area contributed by atoms with Crippen molar-refractivity contribution in [2.45, 2.75) is 38.8 Å². The number of anilines is 1. The van der Waals surface area contributed by atoms with Crippen LogP contribution in [0.4, 0.5) is 5.69 Å². The largest absolute Gasteiger partial charge is 0.466 e. The molecule has 38 heavy (non-hydrogen) atoms. The van der Waals surface area contributed by atoms with Gasteiger partial charge in [0.2, 0.25) is 5.96 Å². The van der Waals surface area contributed by atoms with Crippen LogP contribution >= 0.6 is 0 Å². The van der Waals surface area contributed by atoms with E-state index in [1.54, 1.807) is 38.1 Å². The molecule has 3 N–H and O–H groups in total. The van der Waals surface area contributed by atoms with Crippen molar-refractivity contribution in [3.05, 3.63) is 35.7 Å². The first-order valence-corrected chi connectivity index (χ1v) is 11.8. The van der Waals surface area contributed by atoms with Crippen LogP contribution in [0.15, 0.2) is 44.5 Å². The normalized spacial score (nSPS) is 16.4. The van der Waals surface area contributed by atoms with Gasteiger partial charge in [-0.1, -0.05) is 0 Å². The summed E-state index contributed by atoms with van der Waals surface area (Å²) in [5.41, 5.74) is 0.992. The van der Waals surface area contributed by atoms with Crippen LogP contribution in [0.1, 0.15) is 48.9 Å². The monoisotopic (exact) mass is 523 g/mol. The lowest BCUT2D eigenvalue weighted by Crippen LogP contribution is -2.42. The Morgan fingerprint density at radius 2 is 1.87 bits per heavy atom. The summed E-state index contributed by atoms with van der Waals surface area (Å²) in [4.78, 5) is 45.2. The third-order valence-electron chi connectivity index (χ3n) is 5.37. The van der Waals surface area contributed by atoms with E-state index in [0.717, 1.165) is 0 Å². The first kappa shape index (κ1) is 26.2. The predicted octanol–water partition coefficient (Wildman–Crippen LogP) is 0.890. The molecule has 16 nitrogen and oxygen atoms in total. The van der Waals surface area contributed by atoms with Crippen LogP contribution in [0, 0.1) is 5.41 Å². The predicted molar refractivity (Wildman–Crippen MR) is 132 cm³/mol. The minimum Gasteiger partial charge on any atom is -0.466 e. The highest BCUT2D eigenvalue weighted by Gasteiger charge is 2.33. The van der Waals surface area contributed by atoms with Crippen molar-refractivity contribution in [2.24, 2.45) is 20.2 Å². The van der Waals surface area contributed by atoms with Gasteiger partial charge in [-0.05, 0) is 55.0 Å². The van der Waals surface area contributed by atoms with E-state index < -0.39 is 29.9 Å². The highest BCUT2D eigenvalue weighted by Crippen LogP contribution is 2.25. The van der Waals surface area contributed by atoms with Gasteiger partial charge in [0.05, 0.1) is 19.8 Å². The van der Waals surface area contributed by atoms with E-state index >= 15 is 0 Å². The second-order valence-corrected chi connectivity index (χ2v) is 7.94. The van der Waals surface area contributed by atoms with Gasteiger partial charge in [-0.15, -0.1) is 15.3 Å². The molecule has 1 aromatic heterocycles. The molecule has 1 amide bonds. The first-order chi connectivity index (χ1) is 18.4. The van der Waals surface area contributed by atoms with Gasteiger partial charge < -0.3 is 20.1 Å². The van der Waals surface area contributed by atoms with E-state index in [1.165, 1.54) is 4.68 Å². The molecule has 2 aliphatic rings. The molecule has 2 aromatic rings. The Balaban J connectivity index is 1.34. The third-order valence-corrected chi connectivity index (χ3v) is 5.37. The number of ether oxygens (including phenoxy) is 2. The number of benzene rings is 1. The maximum absolute atomic E-state index is 12.7. The Morgan fingerprint density at radius 1 is 1.11 bits per heavy atom. The fourth-order valence-electron chi connectivity index (χ4n) is 3.55. The SMILES string of the molecule is CCOC(=O)CCC(NC(=O)c1ccc(NCC2=NC3C(=NC(=N)n4nnnc43)N=N2)cc1)C(=O)OCC. The summed E-state index contributed by atoms with van der Waals surface area (Å²) < 4.78 is 11.1.